The van der Waals surface area contributed by atoms with Gasteiger partial charge in [-0.1, -0.05) is 36.1 Å². The van der Waals surface area contributed by atoms with Crippen molar-refractivity contribution in [3.8, 4) is 17.6 Å². The zero-order valence-corrected chi connectivity index (χ0v) is 18.9. The number of hydrogen-bond donors (Lipinski definition) is 0. The van der Waals surface area contributed by atoms with Crippen molar-refractivity contribution in [2.45, 2.75) is 24.4 Å². The first-order valence-corrected chi connectivity index (χ1v) is 12.1. The number of benzene rings is 3. The van der Waals surface area contributed by atoms with Gasteiger partial charge >= 0.3 is 0 Å². The van der Waals surface area contributed by atoms with E-state index in [-0.39, 0.29) is 0 Å². The molecule has 0 saturated carbocycles. The van der Waals surface area contributed by atoms with Crippen LogP contribution < -0.4 is 4.74 Å². The summed E-state index contributed by atoms with van der Waals surface area (Å²) in [6.45, 7) is 1.38. The minimum Gasteiger partial charge on any atom is -0.497 e. The molecule has 3 aromatic carbocycles. The molecule has 6 heteroatoms. The molecule has 0 fully saturated rings. The highest BCUT2D eigenvalue weighted by Crippen LogP contribution is 2.26. The monoisotopic (exact) mass is 444 g/mol. The second-order valence-corrected chi connectivity index (χ2v) is 9.75. The number of hydrogen-bond acceptors (Lipinski definition) is 5. The highest BCUT2D eigenvalue weighted by molar-refractivity contribution is 7.90. The fourth-order valence-electron chi connectivity index (χ4n) is 3.48. The Morgan fingerprint density at radius 3 is 2.41 bits per heavy atom. The molecule has 0 saturated heterocycles. The molecule has 1 aliphatic rings. The molecule has 0 spiro atoms. The van der Waals surface area contributed by atoms with Crippen molar-refractivity contribution in [3.05, 3.63) is 89.0 Å². The smallest absolute Gasteiger partial charge is 0.175 e. The van der Waals surface area contributed by atoms with Crippen LogP contribution in [0.5, 0.6) is 5.75 Å². The fraction of sp³-hybridized carbons (Fsp3) is 0.192. The molecular weight excluding hydrogens is 420 g/mol. The minimum absolute atomic E-state index is 0.330. The molecule has 0 N–H and O–H groups in total. The predicted octanol–water partition coefficient (Wildman–Crippen LogP) is 4.37. The normalized spacial score (nSPS) is 12.6. The average Bonchev–Trinajstić information content (AvgIpc) is 2.79. The third-order valence-corrected chi connectivity index (χ3v) is 6.36. The molecule has 3 aromatic rings. The van der Waals surface area contributed by atoms with E-state index in [1.807, 2.05) is 54.9 Å². The van der Waals surface area contributed by atoms with Crippen LogP contribution in [0.25, 0.3) is 0 Å². The van der Waals surface area contributed by atoms with Crippen molar-refractivity contribution in [3.63, 3.8) is 0 Å². The van der Waals surface area contributed by atoms with E-state index in [4.69, 9.17) is 4.74 Å². The highest BCUT2D eigenvalue weighted by Gasteiger charge is 2.13. The summed E-state index contributed by atoms with van der Waals surface area (Å²) in [4.78, 5) is 6.99. The topological polar surface area (TPSA) is 59.0 Å². The third kappa shape index (κ3) is 5.37. The summed E-state index contributed by atoms with van der Waals surface area (Å²) in [6, 6.07) is 21.0. The predicted molar refractivity (Wildman–Crippen MR) is 127 cm³/mol. The Hall–Kier alpha value is -3.56. The van der Waals surface area contributed by atoms with Crippen molar-refractivity contribution in [2.75, 3.05) is 13.4 Å². The maximum absolute atomic E-state index is 11.6. The Labute approximate surface area is 189 Å². The van der Waals surface area contributed by atoms with Gasteiger partial charge in [0.15, 0.2) is 9.84 Å². The van der Waals surface area contributed by atoms with Gasteiger partial charge in [-0.2, -0.15) is 0 Å². The SMILES string of the molecule is COc1ccc(CC#Cc2ccc3c(c2)CN(Cc2ccc(S(C)(=O)=O)cc2)C=N3)cc1. The molecule has 0 aromatic heterocycles. The number of fused-ring (bicyclic) bond motifs is 1. The molecule has 162 valence electrons. The van der Waals surface area contributed by atoms with E-state index in [1.54, 1.807) is 19.2 Å². The maximum Gasteiger partial charge on any atom is 0.175 e. The van der Waals surface area contributed by atoms with Crippen molar-refractivity contribution < 1.29 is 13.2 Å². The third-order valence-electron chi connectivity index (χ3n) is 5.23. The first kappa shape index (κ1) is 21.7. The van der Waals surface area contributed by atoms with E-state index in [9.17, 15) is 8.42 Å². The average molecular weight is 445 g/mol. The van der Waals surface area contributed by atoms with Crippen LogP contribution >= 0.6 is 0 Å². The van der Waals surface area contributed by atoms with E-state index in [0.29, 0.717) is 17.9 Å². The highest BCUT2D eigenvalue weighted by atomic mass is 32.2. The summed E-state index contributed by atoms with van der Waals surface area (Å²) in [5, 5.41) is 0. The summed E-state index contributed by atoms with van der Waals surface area (Å²) in [5.74, 6) is 7.33. The van der Waals surface area contributed by atoms with Gasteiger partial charge in [0.1, 0.15) is 5.75 Å². The summed E-state index contributed by atoms with van der Waals surface area (Å²) >= 11 is 0. The Morgan fingerprint density at radius 2 is 1.72 bits per heavy atom. The number of ether oxygens (including phenoxy) is 1. The van der Waals surface area contributed by atoms with Gasteiger partial charge in [0, 0.05) is 31.3 Å². The van der Waals surface area contributed by atoms with Crippen LogP contribution in [-0.2, 0) is 29.3 Å². The summed E-state index contributed by atoms with van der Waals surface area (Å²) < 4.78 is 28.5. The van der Waals surface area contributed by atoms with Crippen molar-refractivity contribution >= 4 is 21.9 Å². The van der Waals surface area contributed by atoms with E-state index in [2.05, 4.69) is 27.8 Å². The Balaban J connectivity index is 1.41. The van der Waals surface area contributed by atoms with Gasteiger partial charge in [0.05, 0.1) is 24.0 Å². The summed E-state index contributed by atoms with van der Waals surface area (Å²) in [6.07, 6.45) is 3.73. The molecule has 1 heterocycles. The number of methoxy groups -OCH3 is 1. The summed E-state index contributed by atoms with van der Waals surface area (Å²) in [7, 11) is -1.53. The molecule has 0 radical (unpaired) electrons. The van der Waals surface area contributed by atoms with Gasteiger partial charge in [0.25, 0.3) is 0 Å². The zero-order chi connectivity index (χ0) is 22.6. The van der Waals surface area contributed by atoms with Gasteiger partial charge in [0.2, 0.25) is 0 Å². The molecule has 5 nitrogen and oxygen atoms in total. The standard InChI is InChI=1S/C26H24N2O3S/c1-31-24-11-6-20(7-12-24)4-3-5-21-10-15-26-23(16-21)18-28(19-27-26)17-22-8-13-25(14-9-22)32(2,29)30/h6-16,19H,4,17-18H2,1-2H3. The van der Waals surface area contributed by atoms with Crippen LogP contribution in [0.4, 0.5) is 5.69 Å². The van der Waals surface area contributed by atoms with Gasteiger partial charge in [-0.3, -0.25) is 0 Å². The Morgan fingerprint density at radius 1 is 1.00 bits per heavy atom. The summed E-state index contributed by atoms with van der Waals surface area (Å²) in [5.41, 5.74) is 5.22. The maximum atomic E-state index is 11.6. The largest absolute Gasteiger partial charge is 0.497 e. The number of nitrogens with zero attached hydrogens (tertiary/aromatic N) is 2. The molecule has 0 amide bonds. The van der Waals surface area contributed by atoms with Crippen LogP contribution in [0.15, 0.2) is 76.6 Å². The van der Waals surface area contributed by atoms with Crippen LogP contribution in [0, 0.1) is 11.8 Å². The van der Waals surface area contributed by atoms with E-state index in [0.717, 1.165) is 40.2 Å². The lowest BCUT2D eigenvalue weighted by molar-refractivity contribution is 0.414. The van der Waals surface area contributed by atoms with E-state index in [1.165, 1.54) is 6.26 Å². The molecule has 0 unspecified atom stereocenters. The minimum atomic E-state index is -3.18. The van der Waals surface area contributed by atoms with Gasteiger partial charge < -0.3 is 9.64 Å². The first-order chi connectivity index (χ1) is 15.4. The van der Waals surface area contributed by atoms with Gasteiger partial charge in [-0.05, 0) is 59.2 Å². The molecule has 0 aliphatic carbocycles. The Kier molecular flexibility index (Phi) is 6.29. The zero-order valence-electron chi connectivity index (χ0n) is 18.1. The van der Waals surface area contributed by atoms with Crippen LogP contribution in [-0.4, -0.2) is 33.0 Å². The van der Waals surface area contributed by atoms with E-state index >= 15 is 0 Å². The van der Waals surface area contributed by atoms with Crippen LogP contribution in [0.3, 0.4) is 0 Å². The number of aliphatic imine (C=N–C) groups is 1. The van der Waals surface area contributed by atoms with Gasteiger partial charge in [-0.15, -0.1) is 0 Å². The van der Waals surface area contributed by atoms with Crippen LogP contribution in [0.1, 0.15) is 22.3 Å². The molecule has 0 bridgehead atoms. The lowest BCUT2D eigenvalue weighted by Crippen LogP contribution is -2.23. The van der Waals surface area contributed by atoms with Crippen molar-refractivity contribution in [2.24, 2.45) is 4.99 Å². The lowest BCUT2D eigenvalue weighted by atomic mass is 10.1. The second kappa shape index (κ2) is 9.29. The van der Waals surface area contributed by atoms with E-state index < -0.39 is 9.84 Å². The quantitative estimate of drug-likeness (QED) is 0.549. The molecular formula is C26H24N2O3S. The second-order valence-electron chi connectivity index (χ2n) is 7.74. The fourth-order valence-corrected chi connectivity index (χ4v) is 4.11. The Bertz CT molecular complexity index is 1300. The lowest BCUT2D eigenvalue weighted by Gasteiger charge is -2.24. The number of sulfone groups is 1. The van der Waals surface area contributed by atoms with Crippen LogP contribution in [0.2, 0.25) is 0 Å². The number of rotatable bonds is 5. The molecule has 4 rings (SSSR count). The van der Waals surface area contributed by atoms with Gasteiger partial charge in [-0.25, -0.2) is 13.4 Å². The van der Waals surface area contributed by atoms with Crippen molar-refractivity contribution in [1.29, 1.82) is 0 Å². The molecule has 1 aliphatic heterocycles. The van der Waals surface area contributed by atoms with Crippen molar-refractivity contribution in [1.82, 2.24) is 4.90 Å². The molecule has 32 heavy (non-hydrogen) atoms. The molecule has 0 atom stereocenters. The first-order valence-electron chi connectivity index (χ1n) is 10.2.